The highest BCUT2D eigenvalue weighted by Crippen LogP contribution is 2.21. The van der Waals surface area contributed by atoms with Crippen LogP contribution in [0.2, 0.25) is 0 Å². The SMILES string of the molecule is CCOC(=O)c1c(C)[nH]c(C(=O)COC(=O)c2cccnc2SC)c1C. The molecule has 138 valence electrons. The van der Waals surface area contributed by atoms with Crippen LogP contribution < -0.4 is 0 Å². The van der Waals surface area contributed by atoms with Crippen molar-refractivity contribution in [2.75, 3.05) is 19.5 Å². The molecule has 0 saturated carbocycles. The van der Waals surface area contributed by atoms with E-state index >= 15 is 0 Å². The lowest BCUT2D eigenvalue weighted by molar-refractivity contribution is 0.0468. The molecule has 0 aliphatic rings. The van der Waals surface area contributed by atoms with Gasteiger partial charge in [-0.1, -0.05) is 0 Å². The van der Waals surface area contributed by atoms with E-state index in [-0.39, 0.29) is 12.3 Å². The maximum absolute atomic E-state index is 12.4. The molecule has 0 atom stereocenters. The Morgan fingerprint density at radius 3 is 2.58 bits per heavy atom. The Balaban J connectivity index is 2.12. The summed E-state index contributed by atoms with van der Waals surface area (Å²) in [5, 5.41) is 0.529. The van der Waals surface area contributed by atoms with Gasteiger partial charge in [0.15, 0.2) is 6.61 Å². The number of hydrogen-bond donors (Lipinski definition) is 1. The number of hydrogen-bond acceptors (Lipinski definition) is 7. The number of aromatic amines is 1. The normalized spacial score (nSPS) is 10.5. The molecule has 0 saturated heterocycles. The Labute approximate surface area is 155 Å². The highest BCUT2D eigenvalue weighted by atomic mass is 32.2. The summed E-state index contributed by atoms with van der Waals surface area (Å²) in [7, 11) is 0. The molecule has 0 amide bonds. The van der Waals surface area contributed by atoms with Gasteiger partial charge in [0.1, 0.15) is 5.03 Å². The molecule has 0 spiro atoms. The summed E-state index contributed by atoms with van der Waals surface area (Å²) in [5.74, 6) is -1.54. The monoisotopic (exact) mass is 376 g/mol. The lowest BCUT2D eigenvalue weighted by Gasteiger charge is -2.07. The Hall–Kier alpha value is -2.61. The molecule has 2 heterocycles. The minimum atomic E-state index is -0.623. The zero-order chi connectivity index (χ0) is 19.3. The van der Waals surface area contributed by atoms with Crippen molar-refractivity contribution in [1.82, 2.24) is 9.97 Å². The standard InChI is InChI=1S/C18H20N2O5S/c1-5-24-18(23)14-10(2)15(20-11(14)3)13(21)9-25-17(22)12-7-6-8-19-16(12)26-4/h6-8,20H,5,9H2,1-4H3. The summed E-state index contributed by atoms with van der Waals surface area (Å²) < 4.78 is 10.1. The number of ketones is 1. The minimum absolute atomic E-state index is 0.231. The average molecular weight is 376 g/mol. The lowest BCUT2D eigenvalue weighted by Crippen LogP contribution is -2.16. The van der Waals surface area contributed by atoms with Crippen molar-refractivity contribution in [3.8, 4) is 0 Å². The zero-order valence-corrected chi connectivity index (χ0v) is 15.9. The van der Waals surface area contributed by atoms with E-state index in [1.807, 2.05) is 0 Å². The van der Waals surface area contributed by atoms with E-state index < -0.39 is 24.3 Å². The summed E-state index contributed by atoms with van der Waals surface area (Å²) in [6.07, 6.45) is 3.38. The molecule has 2 aromatic heterocycles. The van der Waals surface area contributed by atoms with Crippen molar-refractivity contribution < 1.29 is 23.9 Å². The number of aromatic nitrogens is 2. The van der Waals surface area contributed by atoms with Crippen LogP contribution in [-0.2, 0) is 9.47 Å². The second-order valence-electron chi connectivity index (χ2n) is 5.41. The summed E-state index contributed by atoms with van der Waals surface area (Å²) in [4.78, 5) is 43.6. The van der Waals surface area contributed by atoms with Crippen molar-refractivity contribution in [2.24, 2.45) is 0 Å². The number of pyridine rings is 1. The third-order valence-corrected chi connectivity index (χ3v) is 4.43. The number of aryl methyl sites for hydroxylation is 1. The van der Waals surface area contributed by atoms with Gasteiger partial charge in [-0.05, 0) is 44.7 Å². The molecular weight excluding hydrogens is 356 g/mol. The maximum atomic E-state index is 12.4. The van der Waals surface area contributed by atoms with E-state index in [0.29, 0.717) is 27.4 Å². The fourth-order valence-electron chi connectivity index (χ4n) is 2.53. The smallest absolute Gasteiger partial charge is 0.341 e. The number of carbonyl (C=O) groups excluding carboxylic acids is 3. The third-order valence-electron chi connectivity index (χ3n) is 3.71. The van der Waals surface area contributed by atoms with Crippen molar-refractivity contribution in [1.29, 1.82) is 0 Å². The molecule has 26 heavy (non-hydrogen) atoms. The van der Waals surface area contributed by atoms with Gasteiger partial charge in [0, 0.05) is 11.9 Å². The summed E-state index contributed by atoms with van der Waals surface area (Å²) >= 11 is 1.32. The molecule has 2 aromatic rings. The van der Waals surface area contributed by atoms with E-state index in [9.17, 15) is 14.4 Å². The first-order chi connectivity index (χ1) is 12.4. The second kappa shape index (κ2) is 8.66. The fraction of sp³-hybridized carbons (Fsp3) is 0.333. The number of nitrogens with zero attached hydrogens (tertiary/aromatic N) is 1. The van der Waals surface area contributed by atoms with Crippen molar-refractivity contribution in [2.45, 2.75) is 25.8 Å². The van der Waals surface area contributed by atoms with Crippen molar-refractivity contribution >= 4 is 29.5 Å². The van der Waals surface area contributed by atoms with Gasteiger partial charge in [0.2, 0.25) is 5.78 Å². The lowest BCUT2D eigenvalue weighted by atomic mass is 10.1. The number of H-pyrrole nitrogens is 1. The van der Waals surface area contributed by atoms with Gasteiger partial charge < -0.3 is 14.5 Å². The van der Waals surface area contributed by atoms with E-state index in [1.165, 1.54) is 11.8 Å². The third kappa shape index (κ3) is 4.13. The van der Waals surface area contributed by atoms with Gasteiger partial charge in [-0.3, -0.25) is 4.79 Å². The van der Waals surface area contributed by atoms with Gasteiger partial charge in [-0.15, -0.1) is 11.8 Å². The Morgan fingerprint density at radius 2 is 1.92 bits per heavy atom. The largest absolute Gasteiger partial charge is 0.462 e. The first-order valence-electron chi connectivity index (χ1n) is 7.96. The Kier molecular flexibility index (Phi) is 6.57. The summed E-state index contributed by atoms with van der Waals surface area (Å²) in [6.45, 7) is 4.85. The minimum Gasteiger partial charge on any atom is -0.462 e. The molecule has 0 fully saturated rings. The van der Waals surface area contributed by atoms with Gasteiger partial charge in [0.25, 0.3) is 0 Å². The maximum Gasteiger partial charge on any atom is 0.341 e. The number of carbonyl (C=O) groups is 3. The van der Waals surface area contributed by atoms with Gasteiger partial charge >= 0.3 is 11.9 Å². The van der Waals surface area contributed by atoms with Crippen LogP contribution in [0.5, 0.6) is 0 Å². The van der Waals surface area contributed by atoms with Crippen LogP contribution in [0.15, 0.2) is 23.4 Å². The van der Waals surface area contributed by atoms with Gasteiger partial charge in [-0.2, -0.15) is 0 Å². The quantitative estimate of drug-likeness (QED) is 0.450. The molecule has 0 aliphatic carbocycles. The van der Waals surface area contributed by atoms with Crippen molar-refractivity contribution in [3.63, 3.8) is 0 Å². The first-order valence-corrected chi connectivity index (χ1v) is 9.18. The van der Waals surface area contributed by atoms with Crippen LogP contribution in [-0.4, -0.2) is 47.2 Å². The van der Waals surface area contributed by atoms with E-state index in [0.717, 1.165) is 0 Å². The fourth-order valence-corrected chi connectivity index (χ4v) is 3.07. The average Bonchev–Trinajstić information content (AvgIpc) is 2.93. The Morgan fingerprint density at radius 1 is 1.19 bits per heavy atom. The number of rotatable bonds is 7. The zero-order valence-electron chi connectivity index (χ0n) is 15.0. The topological polar surface area (TPSA) is 98.4 Å². The molecular formula is C18H20N2O5S. The molecule has 0 radical (unpaired) electrons. The van der Waals surface area contributed by atoms with E-state index in [2.05, 4.69) is 9.97 Å². The second-order valence-corrected chi connectivity index (χ2v) is 6.20. The first kappa shape index (κ1) is 19.7. The summed E-state index contributed by atoms with van der Waals surface area (Å²) in [5.41, 5.74) is 1.88. The molecule has 7 nitrogen and oxygen atoms in total. The number of ether oxygens (including phenoxy) is 2. The number of thioether (sulfide) groups is 1. The summed E-state index contributed by atoms with van der Waals surface area (Å²) in [6, 6.07) is 3.22. The number of esters is 2. The molecule has 0 unspecified atom stereocenters. The predicted octanol–water partition coefficient (Wildman–Crippen LogP) is 2.96. The van der Waals surface area contributed by atoms with Crippen LogP contribution >= 0.6 is 11.8 Å². The van der Waals surface area contributed by atoms with Crippen LogP contribution in [0.3, 0.4) is 0 Å². The van der Waals surface area contributed by atoms with Crippen LogP contribution in [0.1, 0.15) is 49.4 Å². The van der Waals surface area contributed by atoms with Crippen LogP contribution in [0, 0.1) is 13.8 Å². The van der Waals surface area contributed by atoms with Crippen molar-refractivity contribution in [3.05, 3.63) is 46.4 Å². The molecule has 0 aliphatic heterocycles. The van der Waals surface area contributed by atoms with Gasteiger partial charge in [-0.25, -0.2) is 14.6 Å². The van der Waals surface area contributed by atoms with E-state index in [4.69, 9.17) is 9.47 Å². The molecule has 8 heteroatoms. The Bertz CT molecular complexity index is 844. The molecule has 2 rings (SSSR count). The predicted molar refractivity (Wildman–Crippen MR) is 96.9 cm³/mol. The van der Waals surface area contributed by atoms with E-state index in [1.54, 1.807) is 45.4 Å². The molecule has 0 aromatic carbocycles. The van der Waals surface area contributed by atoms with Gasteiger partial charge in [0.05, 0.1) is 23.4 Å². The van der Waals surface area contributed by atoms with Crippen LogP contribution in [0.25, 0.3) is 0 Å². The highest BCUT2D eigenvalue weighted by molar-refractivity contribution is 7.98. The number of Topliss-reactive ketones (excluding diaryl/α,β-unsaturated/α-hetero) is 1. The molecule has 0 bridgehead atoms. The highest BCUT2D eigenvalue weighted by Gasteiger charge is 2.24. The van der Waals surface area contributed by atoms with Crippen LogP contribution in [0.4, 0.5) is 0 Å². The number of nitrogens with one attached hydrogen (secondary N) is 1. The molecule has 1 N–H and O–H groups in total.